The molecule has 0 spiro atoms. The number of aromatic nitrogens is 10. The Morgan fingerprint density at radius 1 is 0.821 bits per heavy atom. The number of nitrogens with zero attached hydrogens (tertiary/aromatic N) is 10. The van der Waals surface area contributed by atoms with Gasteiger partial charge in [-0.15, -0.1) is 0 Å². The second-order valence-electron chi connectivity index (χ2n) is 15.2. The van der Waals surface area contributed by atoms with Gasteiger partial charge in [-0.3, -0.25) is 0 Å². The van der Waals surface area contributed by atoms with Gasteiger partial charge in [0.1, 0.15) is 35.1 Å². The zero-order valence-corrected chi connectivity index (χ0v) is 31.9. The molecule has 0 unspecified atom stereocenters. The second-order valence-corrected chi connectivity index (χ2v) is 15.2. The van der Waals surface area contributed by atoms with E-state index in [0.717, 1.165) is 37.8 Å². The first-order valence-corrected chi connectivity index (χ1v) is 18.0. The third-order valence-electron chi connectivity index (χ3n) is 9.18. The van der Waals surface area contributed by atoms with E-state index in [9.17, 15) is 14.0 Å². The first kappa shape index (κ1) is 38.3. The van der Waals surface area contributed by atoms with Crippen molar-refractivity contribution in [3.05, 3.63) is 69.4 Å². The molecule has 3 aliphatic rings. The van der Waals surface area contributed by atoms with Crippen LogP contribution in [0, 0.1) is 5.82 Å². The number of hydrogen-bond acceptors (Lipinski definition) is 16. The molecule has 0 amide bonds. The summed E-state index contributed by atoms with van der Waals surface area (Å²) in [5, 5.41) is 25.2. The minimum Gasteiger partial charge on any atom is -0.483 e. The molecule has 0 saturated carbocycles. The molecule has 0 atom stereocenters. The third-order valence-corrected chi connectivity index (χ3v) is 9.18. The molecule has 3 aromatic heterocycles. The van der Waals surface area contributed by atoms with Gasteiger partial charge in [-0.25, -0.2) is 19.0 Å². The Morgan fingerprint density at radius 3 is 1.86 bits per heavy atom. The summed E-state index contributed by atoms with van der Waals surface area (Å²) in [6.07, 6.45) is 2.65. The lowest BCUT2D eigenvalue weighted by molar-refractivity contribution is -0.0797. The minimum absolute atomic E-state index is 0.00486. The van der Waals surface area contributed by atoms with Crippen molar-refractivity contribution < 1.29 is 23.3 Å². The van der Waals surface area contributed by atoms with Gasteiger partial charge < -0.3 is 40.6 Å². The van der Waals surface area contributed by atoms with Crippen molar-refractivity contribution in [1.82, 2.24) is 54.9 Å². The SMILES string of the molecule is Cn1nnn(-c2cc(N)ccc2OC2COC2)c1=O.Cn1nnn(-c2cc(Nc3ncc(F)c(NC4CC(C)(C)NC(C)(C)C4)n3)ccc2OC2COC2)c1=O. The van der Waals surface area contributed by atoms with E-state index in [1.807, 2.05) is 0 Å². The molecule has 2 aromatic carbocycles. The first-order valence-electron chi connectivity index (χ1n) is 18.0. The number of rotatable bonds is 10. The van der Waals surface area contributed by atoms with Crippen LogP contribution in [0.4, 0.5) is 27.5 Å². The Labute approximate surface area is 320 Å². The molecule has 6 heterocycles. The van der Waals surface area contributed by atoms with Crippen molar-refractivity contribution in [3.63, 3.8) is 0 Å². The van der Waals surface area contributed by atoms with Crippen LogP contribution in [0.2, 0.25) is 0 Å². The standard InChI is InChI=1S/C24H32FN9O3.C11H13N5O3/c1-23(2)9-15(10-24(3,4)30-23)27-20-17(25)11-26-21(29-20)28-14-6-7-19(37-16-12-36-13-16)18(8-14)34-22(35)33(5)31-32-34;1-15-11(17)16(14-13-15)9-4-7(12)2-3-10(9)19-8-5-18-6-8/h6-8,11,15-16,30H,9-10,12-13H2,1-5H3,(H2,26,27,28,29);2-4,8H,5-6,12H2,1H3. The molecule has 3 aliphatic heterocycles. The summed E-state index contributed by atoms with van der Waals surface area (Å²) in [5.41, 5.74) is 6.71. The number of nitrogens with one attached hydrogen (secondary N) is 3. The number of aryl methyl sites for hydroxylation is 2. The molecule has 0 aliphatic carbocycles. The fourth-order valence-electron chi connectivity index (χ4n) is 6.79. The summed E-state index contributed by atoms with van der Waals surface area (Å²) in [5.74, 6) is 0.796. The fourth-order valence-corrected chi connectivity index (χ4v) is 6.79. The van der Waals surface area contributed by atoms with Crippen LogP contribution < -0.4 is 42.5 Å². The quantitative estimate of drug-likeness (QED) is 0.147. The van der Waals surface area contributed by atoms with Crippen LogP contribution >= 0.6 is 0 Å². The highest BCUT2D eigenvalue weighted by Crippen LogP contribution is 2.32. The van der Waals surface area contributed by atoms with E-state index in [2.05, 4.69) is 74.5 Å². The van der Waals surface area contributed by atoms with Crippen molar-refractivity contribution in [2.75, 3.05) is 42.8 Å². The predicted molar refractivity (Wildman–Crippen MR) is 201 cm³/mol. The molecule has 21 heteroatoms. The highest BCUT2D eigenvalue weighted by Gasteiger charge is 2.38. The van der Waals surface area contributed by atoms with Crippen LogP contribution in [-0.2, 0) is 23.6 Å². The Balaban J connectivity index is 0.000000211. The van der Waals surface area contributed by atoms with Crippen molar-refractivity contribution in [2.45, 2.75) is 69.9 Å². The maximum Gasteiger partial charge on any atom is 0.368 e. The molecule has 0 radical (unpaired) electrons. The van der Waals surface area contributed by atoms with E-state index in [-0.39, 0.29) is 46.8 Å². The summed E-state index contributed by atoms with van der Waals surface area (Å²) < 4.78 is 41.2. The number of piperidine rings is 1. The Hall–Kier alpha value is -5.93. The van der Waals surface area contributed by atoms with Crippen molar-refractivity contribution in [1.29, 1.82) is 0 Å². The van der Waals surface area contributed by atoms with Gasteiger partial charge in [0.2, 0.25) is 5.95 Å². The van der Waals surface area contributed by atoms with Gasteiger partial charge in [0.15, 0.2) is 11.6 Å². The lowest BCUT2D eigenvalue weighted by Crippen LogP contribution is -2.60. The van der Waals surface area contributed by atoms with Gasteiger partial charge in [0, 0.05) is 42.6 Å². The van der Waals surface area contributed by atoms with E-state index in [1.165, 1.54) is 14.1 Å². The van der Waals surface area contributed by atoms with Crippen molar-refractivity contribution >= 4 is 23.1 Å². The number of ether oxygens (including phenoxy) is 4. The topological polar surface area (TPSA) is 230 Å². The van der Waals surface area contributed by atoms with Crippen molar-refractivity contribution in [2.24, 2.45) is 14.1 Å². The van der Waals surface area contributed by atoms with Crippen molar-refractivity contribution in [3.8, 4) is 22.9 Å². The summed E-state index contributed by atoms with van der Waals surface area (Å²) >= 11 is 0. The number of halogens is 1. The third kappa shape index (κ3) is 8.63. The molecule has 0 bridgehead atoms. The highest BCUT2D eigenvalue weighted by molar-refractivity contribution is 5.63. The average Bonchev–Trinajstić information content (AvgIpc) is 3.60. The summed E-state index contributed by atoms with van der Waals surface area (Å²) in [7, 11) is 3.04. The number of tetrazole rings is 2. The molecular formula is C35H45FN14O6. The normalized spacial score (nSPS) is 17.9. The summed E-state index contributed by atoms with van der Waals surface area (Å²) in [4.78, 5) is 32.9. The molecule has 20 nitrogen and oxygen atoms in total. The summed E-state index contributed by atoms with van der Waals surface area (Å²) in [6.45, 7) is 10.6. The van der Waals surface area contributed by atoms with Crippen LogP contribution in [0.3, 0.4) is 0 Å². The fraction of sp³-hybridized carbons (Fsp3) is 0.486. The van der Waals surface area contributed by atoms with Gasteiger partial charge in [0.25, 0.3) is 0 Å². The van der Waals surface area contributed by atoms with Crippen LogP contribution in [-0.4, -0.2) is 105 Å². The zero-order valence-electron chi connectivity index (χ0n) is 31.9. The van der Waals surface area contributed by atoms with Crippen LogP contribution in [0.5, 0.6) is 11.5 Å². The molecule has 8 rings (SSSR count). The number of nitrogen functional groups attached to an aromatic ring is 1. The van der Waals surface area contributed by atoms with Crippen LogP contribution in [0.25, 0.3) is 11.4 Å². The van der Waals surface area contributed by atoms with E-state index >= 15 is 0 Å². The van der Waals surface area contributed by atoms with E-state index in [1.54, 1.807) is 36.4 Å². The molecule has 56 heavy (non-hydrogen) atoms. The maximum absolute atomic E-state index is 14.7. The number of anilines is 4. The van der Waals surface area contributed by atoms with Crippen LogP contribution in [0.1, 0.15) is 40.5 Å². The molecule has 298 valence electrons. The Kier molecular flexibility index (Phi) is 10.5. The lowest BCUT2D eigenvalue weighted by Gasteiger charge is -2.46. The minimum atomic E-state index is -0.530. The van der Waals surface area contributed by atoms with Gasteiger partial charge >= 0.3 is 11.4 Å². The van der Waals surface area contributed by atoms with Crippen LogP contribution in [0.15, 0.2) is 52.2 Å². The van der Waals surface area contributed by atoms with Gasteiger partial charge in [0.05, 0.1) is 32.6 Å². The predicted octanol–water partition coefficient (Wildman–Crippen LogP) is 1.46. The molecule has 3 saturated heterocycles. The molecule has 5 aromatic rings. The smallest absolute Gasteiger partial charge is 0.368 e. The monoisotopic (exact) mass is 776 g/mol. The maximum atomic E-state index is 14.7. The summed E-state index contributed by atoms with van der Waals surface area (Å²) in [6, 6.07) is 10.2. The first-order chi connectivity index (χ1) is 26.6. The molecular weight excluding hydrogens is 731 g/mol. The molecule has 5 N–H and O–H groups in total. The molecule has 3 fully saturated rings. The van der Waals surface area contributed by atoms with E-state index in [0.29, 0.717) is 60.7 Å². The van der Waals surface area contributed by atoms with Gasteiger partial charge in [-0.1, -0.05) is 0 Å². The highest BCUT2D eigenvalue weighted by atomic mass is 19.1. The number of hydrogen-bond donors (Lipinski definition) is 4. The van der Waals surface area contributed by atoms with E-state index in [4.69, 9.17) is 24.7 Å². The largest absolute Gasteiger partial charge is 0.483 e. The number of nitrogens with two attached hydrogens (primary N) is 1. The van der Waals surface area contributed by atoms with Gasteiger partial charge in [-0.2, -0.15) is 23.7 Å². The van der Waals surface area contributed by atoms with E-state index < -0.39 is 11.5 Å². The van der Waals surface area contributed by atoms with Gasteiger partial charge in [-0.05, 0) is 97.8 Å². The second kappa shape index (κ2) is 15.3. The average molecular weight is 777 g/mol. The Morgan fingerprint density at radius 2 is 1.36 bits per heavy atom. The zero-order chi connectivity index (χ0) is 39.8. The lowest BCUT2D eigenvalue weighted by atomic mass is 9.79. The number of benzene rings is 2. The Bertz CT molecular complexity index is 2300.